The van der Waals surface area contributed by atoms with Crippen molar-refractivity contribution in [2.45, 2.75) is 25.9 Å². The van der Waals surface area contributed by atoms with Crippen LogP contribution in [0.3, 0.4) is 0 Å². The highest BCUT2D eigenvalue weighted by atomic mass is 16.3. The Morgan fingerprint density at radius 3 is 2.70 bits per heavy atom. The smallest absolute Gasteiger partial charge is 0.238 e. The number of likely N-dealkylation sites (tertiary alicyclic amines) is 1. The topological polar surface area (TPSA) is 68.7 Å². The van der Waals surface area contributed by atoms with Crippen LogP contribution in [0, 0.1) is 5.92 Å². The second-order valence-corrected chi connectivity index (χ2v) is 6.57. The lowest BCUT2D eigenvalue weighted by Gasteiger charge is -2.34. The van der Waals surface area contributed by atoms with Gasteiger partial charge in [0.15, 0.2) is 0 Å². The van der Waals surface area contributed by atoms with E-state index in [-0.39, 0.29) is 12.0 Å². The fraction of sp³-hybridized carbons (Fsp3) is 0.647. The molecule has 1 amide bonds. The summed E-state index contributed by atoms with van der Waals surface area (Å²) in [6, 6.07) is 3.57. The molecule has 0 saturated carbocycles. The molecule has 1 aliphatic heterocycles. The maximum absolute atomic E-state index is 12.0. The van der Waals surface area contributed by atoms with Crippen LogP contribution < -0.4 is 5.32 Å². The second kappa shape index (κ2) is 8.96. The van der Waals surface area contributed by atoms with Gasteiger partial charge in [0.1, 0.15) is 0 Å². The lowest BCUT2D eigenvalue weighted by molar-refractivity contribution is -0.117. The first-order valence-electron chi connectivity index (χ1n) is 8.31. The third kappa shape index (κ3) is 6.64. The zero-order valence-corrected chi connectivity index (χ0v) is 14.1. The summed E-state index contributed by atoms with van der Waals surface area (Å²) in [5.41, 5.74) is 0.782. The molecule has 128 valence electrons. The summed E-state index contributed by atoms with van der Waals surface area (Å²) < 4.78 is 0. The van der Waals surface area contributed by atoms with Crippen molar-refractivity contribution in [3.63, 3.8) is 0 Å². The Bertz CT molecular complexity index is 473. The van der Waals surface area contributed by atoms with Crippen LogP contribution in [0.2, 0.25) is 0 Å². The molecular formula is C17H28N4O2. The van der Waals surface area contributed by atoms with Crippen LogP contribution in [0.15, 0.2) is 24.5 Å². The van der Waals surface area contributed by atoms with Gasteiger partial charge < -0.3 is 15.3 Å². The third-order valence-corrected chi connectivity index (χ3v) is 4.18. The van der Waals surface area contributed by atoms with Gasteiger partial charge >= 0.3 is 0 Å². The lowest BCUT2D eigenvalue weighted by Crippen LogP contribution is -2.41. The molecule has 0 radical (unpaired) electrons. The number of nitrogens with one attached hydrogen (secondary N) is 1. The Kier molecular flexibility index (Phi) is 6.95. The number of amides is 1. The van der Waals surface area contributed by atoms with Crippen LogP contribution in [0.4, 0.5) is 5.69 Å². The van der Waals surface area contributed by atoms with Crippen molar-refractivity contribution >= 4 is 11.6 Å². The quantitative estimate of drug-likeness (QED) is 0.786. The van der Waals surface area contributed by atoms with E-state index in [2.05, 4.69) is 20.1 Å². The Morgan fingerprint density at radius 1 is 1.43 bits per heavy atom. The molecule has 1 aromatic rings. The maximum Gasteiger partial charge on any atom is 0.238 e. The van der Waals surface area contributed by atoms with Crippen LogP contribution in [-0.2, 0) is 4.79 Å². The number of piperidine rings is 1. The monoisotopic (exact) mass is 320 g/mol. The summed E-state index contributed by atoms with van der Waals surface area (Å²) in [4.78, 5) is 20.4. The fourth-order valence-electron chi connectivity index (χ4n) is 3.11. The van der Waals surface area contributed by atoms with Crippen LogP contribution in [0.1, 0.15) is 19.8 Å². The zero-order chi connectivity index (χ0) is 16.7. The standard InChI is InChI=1S/C17H28N4O2/c1-14(22)11-21-9-5-15(6-10-21)12-20(2)13-17(23)19-16-3-7-18-8-4-16/h3-4,7-8,14-15,22H,5-6,9-13H2,1-2H3,(H,18,19,23)/t14-/m1/s1. The van der Waals surface area contributed by atoms with E-state index in [9.17, 15) is 9.90 Å². The normalized spacial score (nSPS) is 18.1. The molecule has 0 spiro atoms. The van der Waals surface area contributed by atoms with Gasteiger partial charge in [0.05, 0.1) is 12.6 Å². The van der Waals surface area contributed by atoms with Gasteiger partial charge in [-0.1, -0.05) is 0 Å². The number of hydrogen-bond donors (Lipinski definition) is 2. The van der Waals surface area contributed by atoms with Crippen LogP contribution in [0.25, 0.3) is 0 Å². The average Bonchev–Trinajstić information content (AvgIpc) is 2.49. The van der Waals surface area contributed by atoms with Gasteiger partial charge in [0, 0.05) is 31.2 Å². The number of nitrogens with zero attached hydrogens (tertiary/aromatic N) is 3. The number of rotatable bonds is 7. The number of β-amino-alcohol motifs (C(OH)–C–C–N with tert-alkyl or cyclic N) is 1. The van der Waals surface area contributed by atoms with E-state index in [0.717, 1.165) is 44.7 Å². The largest absolute Gasteiger partial charge is 0.392 e. The maximum atomic E-state index is 12.0. The molecule has 0 aliphatic carbocycles. The fourth-order valence-corrected chi connectivity index (χ4v) is 3.11. The number of carbonyl (C=O) groups is 1. The van der Waals surface area contributed by atoms with E-state index in [4.69, 9.17) is 0 Å². The first-order chi connectivity index (χ1) is 11.0. The summed E-state index contributed by atoms with van der Waals surface area (Å²) in [6.45, 7) is 6.00. The Morgan fingerprint density at radius 2 is 2.09 bits per heavy atom. The Balaban J connectivity index is 1.67. The summed E-state index contributed by atoms with van der Waals surface area (Å²) in [7, 11) is 1.99. The van der Waals surface area contributed by atoms with Gasteiger partial charge in [0.2, 0.25) is 5.91 Å². The molecule has 0 unspecified atom stereocenters. The number of likely N-dealkylation sites (N-methyl/N-ethyl adjacent to an activating group) is 1. The zero-order valence-electron chi connectivity index (χ0n) is 14.1. The number of pyridine rings is 1. The molecule has 1 atom stereocenters. The van der Waals surface area contributed by atoms with Crippen molar-refractivity contribution in [1.82, 2.24) is 14.8 Å². The Hall–Kier alpha value is -1.50. The first kappa shape index (κ1) is 17.8. The molecule has 2 rings (SSSR count). The van der Waals surface area contributed by atoms with E-state index < -0.39 is 0 Å². The molecule has 1 aliphatic rings. The van der Waals surface area contributed by atoms with Crippen molar-refractivity contribution < 1.29 is 9.90 Å². The highest BCUT2D eigenvalue weighted by Crippen LogP contribution is 2.18. The Labute approximate surface area is 138 Å². The van der Waals surface area contributed by atoms with Crippen molar-refractivity contribution in [3.05, 3.63) is 24.5 Å². The van der Waals surface area contributed by atoms with Gasteiger partial charge in [-0.25, -0.2) is 0 Å². The average molecular weight is 320 g/mol. The van der Waals surface area contributed by atoms with E-state index >= 15 is 0 Å². The third-order valence-electron chi connectivity index (χ3n) is 4.18. The van der Waals surface area contributed by atoms with Gasteiger partial charge in [-0.3, -0.25) is 14.7 Å². The highest BCUT2D eigenvalue weighted by Gasteiger charge is 2.21. The van der Waals surface area contributed by atoms with Crippen LogP contribution in [-0.4, -0.2) is 71.7 Å². The number of aliphatic hydroxyl groups is 1. The molecule has 1 saturated heterocycles. The molecule has 6 heteroatoms. The predicted octanol–water partition coefficient (Wildman–Crippen LogP) is 1.04. The highest BCUT2D eigenvalue weighted by molar-refractivity contribution is 5.92. The van der Waals surface area contributed by atoms with Gasteiger partial charge in [-0.2, -0.15) is 0 Å². The molecule has 0 aromatic carbocycles. The van der Waals surface area contributed by atoms with Crippen molar-refractivity contribution in [2.24, 2.45) is 5.92 Å². The van der Waals surface area contributed by atoms with Gasteiger partial charge in [-0.15, -0.1) is 0 Å². The number of anilines is 1. The summed E-state index contributed by atoms with van der Waals surface area (Å²) in [5, 5.41) is 12.3. The first-order valence-corrected chi connectivity index (χ1v) is 8.31. The second-order valence-electron chi connectivity index (χ2n) is 6.57. The molecule has 6 nitrogen and oxygen atoms in total. The molecular weight excluding hydrogens is 292 g/mol. The minimum absolute atomic E-state index is 0.00485. The molecule has 2 heterocycles. The van der Waals surface area contributed by atoms with Crippen molar-refractivity contribution in [2.75, 3.05) is 45.1 Å². The predicted molar refractivity (Wildman–Crippen MR) is 91.2 cm³/mol. The molecule has 0 bridgehead atoms. The van der Waals surface area contributed by atoms with Gasteiger partial charge in [0.25, 0.3) is 0 Å². The molecule has 23 heavy (non-hydrogen) atoms. The number of aromatic nitrogens is 1. The number of carbonyl (C=O) groups excluding carboxylic acids is 1. The summed E-state index contributed by atoms with van der Waals surface area (Å²) in [5.74, 6) is 0.629. The van der Waals surface area contributed by atoms with E-state index in [1.807, 2.05) is 14.0 Å². The van der Waals surface area contributed by atoms with Crippen molar-refractivity contribution in [3.8, 4) is 0 Å². The van der Waals surface area contributed by atoms with E-state index in [0.29, 0.717) is 12.5 Å². The van der Waals surface area contributed by atoms with Crippen LogP contribution >= 0.6 is 0 Å². The SMILES string of the molecule is C[C@@H](O)CN1CCC(CN(C)CC(=O)Nc2ccncc2)CC1. The van der Waals surface area contributed by atoms with Gasteiger partial charge in [-0.05, 0) is 58.0 Å². The molecule has 1 aromatic heterocycles. The van der Waals surface area contributed by atoms with E-state index in [1.165, 1.54) is 0 Å². The molecule has 2 N–H and O–H groups in total. The summed E-state index contributed by atoms with van der Waals surface area (Å²) in [6.07, 6.45) is 5.33. The lowest BCUT2D eigenvalue weighted by atomic mass is 9.96. The number of hydrogen-bond acceptors (Lipinski definition) is 5. The van der Waals surface area contributed by atoms with Crippen molar-refractivity contribution in [1.29, 1.82) is 0 Å². The molecule has 1 fully saturated rings. The minimum Gasteiger partial charge on any atom is -0.392 e. The van der Waals surface area contributed by atoms with Crippen LogP contribution in [0.5, 0.6) is 0 Å². The minimum atomic E-state index is -0.258. The van der Waals surface area contributed by atoms with E-state index in [1.54, 1.807) is 24.5 Å². The number of aliphatic hydroxyl groups excluding tert-OH is 1. The summed E-state index contributed by atoms with van der Waals surface area (Å²) >= 11 is 0.